The third kappa shape index (κ3) is 3.41. The fraction of sp³-hybridized carbons (Fsp3) is 0.353. The van der Waals surface area contributed by atoms with Gasteiger partial charge < -0.3 is 10.6 Å². The highest BCUT2D eigenvalue weighted by Gasteiger charge is 2.22. The second-order valence-corrected chi connectivity index (χ2v) is 5.74. The number of hydrogen-bond donors (Lipinski definition) is 2. The molecule has 1 aliphatic rings. The maximum absolute atomic E-state index is 12.3. The SMILES string of the molecule is Cc1ccnn1-c1ccc(C(=O)N[C@H]2CCCCNC2=O)cc1. The lowest BCUT2D eigenvalue weighted by Crippen LogP contribution is -2.45. The number of amides is 2. The largest absolute Gasteiger partial charge is 0.354 e. The van der Waals surface area contributed by atoms with E-state index in [4.69, 9.17) is 0 Å². The van der Waals surface area contributed by atoms with Gasteiger partial charge >= 0.3 is 0 Å². The van der Waals surface area contributed by atoms with Gasteiger partial charge in [0.2, 0.25) is 5.91 Å². The topological polar surface area (TPSA) is 76.0 Å². The van der Waals surface area contributed by atoms with Crippen molar-refractivity contribution in [3.63, 3.8) is 0 Å². The minimum Gasteiger partial charge on any atom is -0.354 e. The van der Waals surface area contributed by atoms with Crippen LogP contribution in [0.3, 0.4) is 0 Å². The van der Waals surface area contributed by atoms with Crippen molar-refractivity contribution >= 4 is 11.8 Å². The lowest BCUT2D eigenvalue weighted by molar-refractivity contribution is -0.122. The van der Waals surface area contributed by atoms with E-state index in [-0.39, 0.29) is 11.8 Å². The summed E-state index contributed by atoms with van der Waals surface area (Å²) in [5.41, 5.74) is 2.46. The molecule has 23 heavy (non-hydrogen) atoms. The van der Waals surface area contributed by atoms with E-state index in [1.807, 2.05) is 25.1 Å². The van der Waals surface area contributed by atoms with Crippen molar-refractivity contribution in [3.05, 3.63) is 47.8 Å². The van der Waals surface area contributed by atoms with Crippen molar-refractivity contribution in [1.82, 2.24) is 20.4 Å². The van der Waals surface area contributed by atoms with Gasteiger partial charge in [-0.3, -0.25) is 9.59 Å². The zero-order valence-corrected chi connectivity index (χ0v) is 13.1. The Bertz CT molecular complexity index is 706. The monoisotopic (exact) mass is 312 g/mol. The van der Waals surface area contributed by atoms with Crippen LogP contribution in [0.1, 0.15) is 35.3 Å². The summed E-state index contributed by atoms with van der Waals surface area (Å²) in [5.74, 6) is -0.324. The van der Waals surface area contributed by atoms with Crippen LogP contribution >= 0.6 is 0 Å². The maximum Gasteiger partial charge on any atom is 0.251 e. The van der Waals surface area contributed by atoms with Gasteiger partial charge in [0.25, 0.3) is 5.91 Å². The molecule has 6 heteroatoms. The van der Waals surface area contributed by atoms with Crippen LogP contribution in [-0.4, -0.2) is 34.2 Å². The number of carbonyl (C=O) groups is 2. The highest BCUT2D eigenvalue weighted by Crippen LogP contribution is 2.12. The lowest BCUT2D eigenvalue weighted by Gasteiger charge is -2.15. The molecule has 1 aromatic heterocycles. The van der Waals surface area contributed by atoms with E-state index in [1.54, 1.807) is 23.0 Å². The molecule has 1 aromatic carbocycles. The van der Waals surface area contributed by atoms with Gasteiger partial charge in [-0.15, -0.1) is 0 Å². The number of nitrogens with zero attached hydrogens (tertiary/aromatic N) is 2. The number of rotatable bonds is 3. The van der Waals surface area contributed by atoms with Gasteiger partial charge in [0.1, 0.15) is 6.04 Å². The molecule has 2 amide bonds. The van der Waals surface area contributed by atoms with Crippen LogP contribution in [0.15, 0.2) is 36.5 Å². The molecule has 2 heterocycles. The molecule has 120 valence electrons. The first kappa shape index (κ1) is 15.3. The Hall–Kier alpha value is -2.63. The maximum atomic E-state index is 12.3. The smallest absolute Gasteiger partial charge is 0.251 e. The highest BCUT2D eigenvalue weighted by atomic mass is 16.2. The fourth-order valence-electron chi connectivity index (χ4n) is 2.71. The number of carbonyl (C=O) groups excluding carboxylic acids is 2. The molecule has 1 saturated heterocycles. The minimum atomic E-state index is -0.446. The first-order valence-electron chi connectivity index (χ1n) is 7.85. The normalized spacial score (nSPS) is 18.1. The van der Waals surface area contributed by atoms with E-state index in [0.717, 1.165) is 24.2 Å². The van der Waals surface area contributed by atoms with Gasteiger partial charge in [-0.2, -0.15) is 5.10 Å². The van der Waals surface area contributed by atoms with Crippen molar-refractivity contribution in [3.8, 4) is 5.69 Å². The highest BCUT2D eigenvalue weighted by molar-refractivity contribution is 5.97. The van der Waals surface area contributed by atoms with E-state index in [1.165, 1.54) is 0 Å². The molecule has 0 unspecified atom stereocenters. The minimum absolute atomic E-state index is 0.0976. The van der Waals surface area contributed by atoms with Crippen LogP contribution in [0.2, 0.25) is 0 Å². The summed E-state index contributed by atoms with van der Waals surface area (Å²) < 4.78 is 1.81. The predicted molar refractivity (Wildman–Crippen MR) is 86.4 cm³/mol. The Labute approximate surface area is 134 Å². The molecule has 1 aliphatic heterocycles. The average Bonchev–Trinajstić information content (AvgIpc) is 2.89. The van der Waals surface area contributed by atoms with Gasteiger partial charge in [-0.1, -0.05) is 0 Å². The first-order valence-corrected chi connectivity index (χ1v) is 7.85. The first-order chi connectivity index (χ1) is 11.1. The summed E-state index contributed by atoms with van der Waals surface area (Å²) in [6.45, 7) is 2.65. The molecule has 1 fully saturated rings. The Morgan fingerprint density at radius 1 is 1.26 bits per heavy atom. The molecule has 2 N–H and O–H groups in total. The zero-order chi connectivity index (χ0) is 16.2. The lowest BCUT2D eigenvalue weighted by atomic mass is 10.1. The molecule has 0 aliphatic carbocycles. The molecular weight excluding hydrogens is 292 g/mol. The standard InChI is InChI=1S/C17H20N4O2/c1-12-9-11-19-21(12)14-7-5-13(6-8-14)16(22)20-15-4-2-3-10-18-17(15)23/h5-9,11,15H,2-4,10H2,1H3,(H,18,23)(H,20,22)/t15-/m0/s1. The Balaban J connectivity index is 1.70. The molecule has 0 saturated carbocycles. The van der Waals surface area contributed by atoms with Crippen LogP contribution < -0.4 is 10.6 Å². The van der Waals surface area contributed by atoms with Crippen LogP contribution in [-0.2, 0) is 4.79 Å². The molecule has 3 rings (SSSR count). The van der Waals surface area contributed by atoms with Crippen molar-refractivity contribution in [1.29, 1.82) is 0 Å². The molecular formula is C17H20N4O2. The van der Waals surface area contributed by atoms with Gasteiger partial charge in [-0.05, 0) is 56.5 Å². The van der Waals surface area contributed by atoms with Gasteiger partial charge in [0, 0.05) is 24.0 Å². The molecule has 0 bridgehead atoms. The van der Waals surface area contributed by atoms with Gasteiger partial charge in [0.05, 0.1) is 5.69 Å². The Kier molecular flexibility index (Phi) is 4.41. The predicted octanol–water partition coefficient (Wildman–Crippen LogP) is 1.58. The Morgan fingerprint density at radius 2 is 2.04 bits per heavy atom. The number of aromatic nitrogens is 2. The van der Waals surface area contributed by atoms with Crippen molar-refractivity contribution in [2.24, 2.45) is 0 Å². The average molecular weight is 312 g/mol. The number of aryl methyl sites for hydroxylation is 1. The zero-order valence-electron chi connectivity index (χ0n) is 13.1. The summed E-state index contributed by atoms with van der Waals surface area (Å²) in [5, 5.41) is 9.87. The number of hydrogen-bond acceptors (Lipinski definition) is 3. The number of nitrogens with one attached hydrogen (secondary N) is 2. The van der Waals surface area contributed by atoms with Crippen LogP contribution in [0.5, 0.6) is 0 Å². The summed E-state index contributed by atoms with van der Waals surface area (Å²) in [7, 11) is 0. The third-order valence-electron chi connectivity index (χ3n) is 4.05. The van der Waals surface area contributed by atoms with E-state index < -0.39 is 6.04 Å². The van der Waals surface area contributed by atoms with Crippen LogP contribution in [0.25, 0.3) is 5.69 Å². The molecule has 0 radical (unpaired) electrons. The summed E-state index contributed by atoms with van der Waals surface area (Å²) in [4.78, 5) is 24.2. The fourth-order valence-corrected chi connectivity index (χ4v) is 2.71. The van der Waals surface area contributed by atoms with Gasteiger partial charge in [0.15, 0.2) is 0 Å². The van der Waals surface area contributed by atoms with E-state index in [2.05, 4.69) is 15.7 Å². The molecule has 2 aromatic rings. The van der Waals surface area contributed by atoms with E-state index >= 15 is 0 Å². The van der Waals surface area contributed by atoms with Gasteiger partial charge in [-0.25, -0.2) is 4.68 Å². The molecule has 1 atom stereocenters. The van der Waals surface area contributed by atoms with Crippen LogP contribution in [0.4, 0.5) is 0 Å². The van der Waals surface area contributed by atoms with Crippen molar-refractivity contribution in [2.45, 2.75) is 32.2 Å². The third-order valence-corrected chi connectivity index (χ3v) is 4.05. The summed E-state index contributed by atoms with van der Waals surface area (Å²) in [6, 6.07) is 8.67. The number of benzene rings is 1. The van der Waals surface area contributed by atoms with E-state index in [9.17, 15) is 9.59 Å². The van der Waals surface area contributed by atoms with Crippen molar-refractivity contribution in [2.75, 3.05) is 6.54 Å². The summed E-state index contributed by atoms with van der Waals surface area (Å²) >= 11 is 0. The van der Waals surface area contributed by atoms with E-state index in [0.29, 0.717) is 18.5 Å². The van der Waals surface area contributed by atoms with Crippen molar-refractivity contribution < 1.29 is 9.59 Å². The summed E-state index contributed by atoms with van der Waals surface area (Å²) in [6.07, 6.45) is 4.31. The molecule has 6 nitrogen and oxygen atoms in total. The molecule has 0 spiro atoms. The second kappa shape index (κ2) is 6.64. The quantitative estimate of drug-likeness (QED) is 0.903. The van der Waals surface area contributed by atoms with Crippen LogP contribution in [0, 0.1) is 6.92 Å². The second-order valence-electron chi connectivity index (χ2n) is 5.74. The Morgan fingerprint density at radius 3 is 2.74 bits per heavy atom.